The van der Waals surface area contributed by atoms with Crippen molar-refractivity contribution in [2.45, 2.75) is 135 Å². The smallest absolute Gasteiger partial charge is 0.166 e. The zero-order chi connectivity index (χ0) is 31.6. The molecule has 0 heterocycles. The average Bonchev–Trinajstić information content (AvgIpc) is 3.07. The van der Waals surface area contributed by atoms with Crippen LogP contribution in [0.4, 0.5) is 13.2 Å². The third kappa shape index (κ3) is 8.83. The van der Waals surface area contributed by atoms with E-state index in [1.54, 1.807) is 30.3 Å². The fraction of sp³-hybridized carbons (Fsp3) is 0.571. The van der Waals surface area contributed by atoms with Gasteiger partial charge in [-0.15, -0.1) is 0 Å². The highest BCUT2D eigenvalue weighted by molar-refractivity contribution is 5.71. The minimum Gasteiger partial charge on any atom is -0.206 e. The second kappa shape index (κ2) is 16.8. The predicted octanol–water partition coefficient (Wildman–Crippen LogP) is 13.6. The van der Waals surface area contributed by atoms with Gasteiger partial charge in [0.2, 0.25) is 0 Å². The highest BCUT2D eigenvalue weighted by Gasteiger charge is 2.31. The Morgan fingerprint density at radius 3 is 1.78 bits per heavy atom. The molecule has 0 unspecified atom stereocenters. The normalized spacial score (nSPS) is 22.1. The van der Waals surface area contributed by atoms with E-state index < -0.39 is 11.6 Å². The molecule has 3 heteroatoms. The van der Waals surface area contributed by atoms with Crippen molar-refractivity contribution in [3.05, 3.63) is 83.2 Å². The van der Waals surface area contributed by atoms with Crippen molar-refractivity contribution in [2.75, 3.05) is 0 Å². The first-order chi connectivity index (χ1) is 22.0. The lowest BCUT2D eigenvalue weighted by Crippen LogP contribution is -2.25. The molecule has 2 fully saturated rings. The van der Waals surface area contributed by atoms with Crippen molar-refractivity contribution in [1.29, 1.82) is 0 Å². The van der Waals surface area contributed by atoms with Crippen LogP contribution >= 0.6 is 0 Å². The first-order valence-electron chi connectivity index (χ1n) is 18.4. The molecule has 244 valence electrons. The summed E-state index contributed by atoms with van der Waals surface area (Å²) in [5.41, 5.74) is 3.70. The molecule has 0 saturated heterocycles. The molecule has 0 aromatic heterocycles. The van der Waals surface area contributed by atoms with Gasteiger partial charge in [-0.1, -0.05) is 127 Å². The second-order valence-corrected chi connectivity index (χ2v) is 14.3. The van der Waals surface area contributed by atoms with Crippen LogP contribution in [0.2, 0.25) is 0 Å². The monoisotopic (exact) mass is 616 g/mol. The Morgan fingerprint density at radius 1 is 0.556 bits per heavy atom. The summed E-state index contributed by atoms with van der Waals surface area (Å²) < 4.78 is 45.1. The van der Waals surface area contributed by atoms with Crippen molar-refractivity contribution in [1.82, 2.24) is 0 Å². The van der Waals surface area contributed by atoms with Gasteiger partial charge in [-0.3, -0.25) is 0 Å². The lowest BCUT2D eigenvalue weighted by Gasteiger charge is -2.38. The van der Waals surface area contributed by atoms with Crippen molar-refractivity contribution >= 4 is 0 Å². The number of halogens is 3. The molecule has 0 atom stereocenters. The van der Waals surface area contributed by atoms with E-state index in [0.717, 1.165) is 61.0 Å². The zero-order valence-electron chi connectivity index (χ0n) is 27.9. The molecule has 2 aliphatic carbocycles. The number of rotatable bonds is 14. The summed E-state index contributed by atoms with van der Waals surface area (Å²) in [5, 5.41) is 0. The molecule has 0 bridgehead atoms. The van der Waals surface area contributed by atoms with Gasteiger partial charge < -0.3 is 0 Å². The van der Waals surface area contributed by atoms with E-state index in [1.807, 2.05) is 18.2 Å². The summed E-state index contributed by atoms with van der Waals surface area (Å²) in [6.07, 6.45) is 22.5. The zero-order valence-corrected chi connectivity index (χ0v) is 27.9. The van der Waals surface area contributed by atoms with Crippen LogP contribution in [0.3, 0.4) is 0 Å². The molecule has 0 N–H and O–H groups in total. The van der Waals surface area contributed by atoms with Gasteiger partial charge in [-0.05, 0) is 103 Å². The van der Waals surface area contributed by atoms with Crippen LogP contribution in [0, 0.1) is 35.2 Å². The maximum atomic E-state index is 15.4. The number of benzene rings is 3. The molecule has 45 heavy (non-hydrogen) atoms. The fourth-order valence-electron chi connectivity index (χ4n) is 8.33. The maximum Gasteiger partial charge on any atom is 0.166 e. The van der Waals surface area contributed by atoms with E-state index in [9.17, 15) is 8.78 Å². The molecule has 0 aliphatic heterocycles. The van der Waals surface area contributed by atoms with Crippen molar-refractivity contribution in [2.24, 2.45) is 17.8 Å². The van der Waals surface area contributed by atoms with Crippen LogP contribution in [0.5, 0.6) is 0 Å². The van der Waals surface area contributed by atoms with Crippen LogP contribution in [0.25, 0.3) is 22.3 Å². The summed E-state index contributed by atoms with van der Waals surface area (Å²) in [5.74, 6) is 1.40. The standard InChI is InChI=1S/C42H55F3/c1-3-5-7-8-10-11-30-13-15-31(16-14-30)32-17-19-33(20-18-32)37-26-27-38(40(43)29-37)34-21-23-35(24-22-34)39-28-25-36(12-9-6-4-2)41(44)42(39)45/h21-33H,3-20H2,1-2H3. The topological polar surface area (TPSA) is 0 Å². The Morgan fingerprint density at radius 2 is 1.13 bits per heavy atom. The van der Waals surface area contributed by atoms with Gasteiger partial charge in [0.25, 0.3) is 0 Å². The van der Waals surface area contributed by atoms with Gasteiger partial charge in [0.05, 0.1) is 0 Å². The number of aryl methyl sites for hydroxylation is 1. The van der Waals surface area contributed by atoms with Crippen molar-refractivity contribution in [3.8, 4) is 22.3 Å². The molecular weight excluding hydrogens is 561 g/mol. The Hall–Kier alpha value is -2.55. The first-order valence-corrected chi connectivity index (χ1v) is 18.4. The Labute approximate surface area is 271 Å². The summed E-state index contributed by atoms with van der Waals surface area (Å²) >= 11 is 0. The van der Waals surface area contributed by atoms with E-state index in [4.69, 9.17) is 0 Å². The van der Waals surface area contributed by atoms with Crippen molar-refractivity contribution < 1.29 is 13.2 Å². The van der Waals surface area contributed by atoms with E-state index >= 15 is 4.39 Å². The quantitative estimate of drug-likeness (QED) is 0.158. The van der Waals surface area contributed by atoms with Gasteiger partial charge in [0.15, 0.2) is 11.6 Å². The number of hydrogen-bond acceptors (Lipinski definition) is 0. The number of unbranched alkanes of at least 4 members (excludes halogenated alkanes) is 6. The molecule has 0 radical (unpaired) electrons. The minimum atomic E-state index is -0.803. The lowest BCUT2D eigenvalue weighted by molar-refractivity contribution is 0.155. The second-order valence-electron chi connectivity index (χ2n) is 14.3. The Kier molecular flexibility index (Phi) is 12.7. The summed E-state index contributed by atoms with van der Waals surface area (Å²) in [6.45, 7) is 4.38. The van der Waals surface area contributed by atoms with Crippen LogP contribution in [-0.4, -0.2) is 0 Å². The minimum absolute atomic E-state index is 0.205. The molecule has 3 aromatic carbocycles. The molecule has 5 rings (SSSR count). The van der Waals surface area contributed by atoms with Gasteiger partial charge in [-0.25, -0.2) is 13.2 Å². The van der Waals surface area contributed by atoms with Crippen LogP contribution in [0.15, 0.2) is 54.6 Å². The van der Waals surface area contributed by atoms with E-state index in [1.165, 1.54) is 77.0 Å². The molecular formula is C42H55F3. The molecule has 3 aromatic rings. The molecule has 2 aliphatic rings. The average molecular weight is 617 g/mol. The van der Waals surface area contributed by atoms with Gasteiger partial charge in [-0.2, -0.15) is 0 Å². The van der Waals surface area contributed by atoms with Gasteiger partial charge in [0, 0.05) is 11.1 Å². The number of hydrogen-bond donors (Lipinski definition) is 0. The molecule has 2 saturated carbocycles. The lowest BCUT2D eigenvalue weighted by atomic mass is 9.68. The molecule has 0 nitrogen and oxygen atoms in total. The van der Waals surface area contributed by atoms with Crippen LogP contribution in [0.1, 0.15) is 140 Å². The third-order valence-electron chi connectivity index (χ3n) is 11.2. The molecule has 0 amide bonds. The van der Waals surface area contributed by atoms with E-state index in [-0.39, 0.29) is 11.4 Å². The summed E-state index contributed by atoms with van der Waals surface area (Å²) in [4.78, 5) is 0. The molecule has 0 spiro atoms. The predicted molar refractivity (Wildman–Crippen MR) is 184 cm³/mol. The summed E-state index contributed by atoms with van der Waals surface area (Å²) in [7, 11) is 0. The highest BCUT2D eigenvalue weighted by atomic mass is 19.2. The Bertz CT molecular complexity index is 1330. The van der Waals surface area contributed by atoms with E-state index in [0.29, 0.717) is 29.0 Å². The van der Waals surface area contributed by atoms with Gasteiger partial charge in [0.1, 0.15) is 5.82 Å². The first kappa shape index (κ1) is 33.8. The maximum absolute atomic E-state index is 15.4. The summed E-state index contributed by atoms with van der Waals surface area (Å²) in [6, 6.07) is 16.3. The van der Waals surface area contributed by atoms with Crippen LogP contribution in [-0.2, 0) is 6.42 Å². The Balaban J connectivity index is 1.13. The fourth-order valence-corrected chi connectivity index (χ4v) is 8.33. The van der Waals surface area contributed by atoms with Gasteiger partial charge >= 0.3 is 0 Å². The van der Waals surface area contributed by atoms with Crippen LogP contribution < -0.4 is 0 Å². The largest absolute Gasteiger partial charge is 0.206 e. The van der Waals surface area contributed by atoms with E-state index in [2.05, 4.69) is 19.9 Å². The highest BCUT2D eigenvalue weighted by Crippen LogP contribution is 2.45. The third-order valence-corrected chi connectivity index (χ3v) is 11.2. The van der Waals surface area contributed by atoms with Crippen molar-refractivity contribution in [3.63, 3.8) is 0 Å². The SMILES string of the molecule is CCCCCCCC1CCC(C2CCC(c3ccc(-c4ccc(-c5ccc(CCCCC)c(F)c5F)cc4)c(F)c3)CC2)CC1.